The van der Waals surface area contributed by atoms with E-state index in [4.69, 9.17) is 20.9 Å². The number of thiophene rings is 2. The van der Waals surface area contributed by atoms with Gasteiger partial charge in [0, 0.05) is 22.8 Å². The Morgan fingerprint density at radius 1 is 0.672 bits per heavy atom. The zero-order valence-electron chi connectivity index (χ0n) is 30.2. The van der Waals surface area contributed by atoms with Crippen LogP contribution in [0.25, 0.3) is 20.4 Å². The Balaban J connectivity index is 0.000000177. The zero-order chi connectivity index (χ0) is 41.4. The first-order valence-corrected chi connectivity index (χ1v) is 18.6. The van der Waals surface area contributed by atoms with Crippen LogP contribution in [0.2, 0.25) is 0 Å². The highest BCUT2D eigenvalue weighted by Gasteiger charge is 2.23. The molecule has 2 aromatic carbocycles. The van der Waals surface area contributed by atoms with Gasteiger partial charge in [0.25, 0.3) is 46.6 Å². The predicted octanol–water partition coefficient (Wildman–Crippen LogP) is 1.31. The number of primary amides is 2. The highest BCUT2D eigenvalue weighted by Crippen LogP contribution is 2.30. The van der Waals surface area contributed by atoms with E-state index in [0.717, 1.165) is 22.7 Å². The molecule has 0 saturated carbocycles. The van der Waals surface area contributed by atoms with Gasteiger partial charge in [0.15, 0.2) is 13.2 Å². The number of benzene rings is 2. The maximum atomic E-state index is 12.5. The summed E-state index contributed by atoms with van der Waals surface area (Å²) in [5.41, 5.74) is 12.2. The van der Waals surface area contributed by atoms with Crippen molar-refractivity contribution < 1.29 is 38.2 Å². The standard InChI is InChI=1S/2C18H15N5O5S/c2*1-7-12(14(19)25)13-16(26)22-15(23-18(13)29-7)17(27)20-5-8-2-3-10-9(4-8)21-11(24)6-28-10/h2*2-4H,5-6H2,1H3,(H2,19,25)(H,20,27)(H,21,24)(H,22,23,26). The lowest BCUT2D eigenvalue weighted by atomic mass is 10.1. The van der Waals surface area contributed by atoms with Gasteiger partial charge in [-0.25, -0.2) is 9.97 Å². The molecule has 4 aromatic heterocycles. The summed E-state index contributed by atoms with van der Waals surface area (Å²) in [6.07, 6.45) is 0. The van der Waals surface area contributed by atoms with Gasteiger partial charge in [-0.15, -0.1) is 22.7 Å². The van der Waals surface area contributed by atoms with Crippen molar-refractivity contribution in [3.8, 4) is 11.5 Å². The molecule has 0 unspecified atom stereocenters. The van der Waals surface area contributed by atoms with E-state index >= 15 is 0 Å². The van der Waals surface area contributed by atoms with Gasteiger partial charge >= 0.3 is 0 Å². The van der Waals surface area contributed by atoms with Crippen molar-refractivity contribution in [3.63, 3.8) is 0 Å². The third-order valence-corrected chi connectivity index (χ3v) is 10.7. The van der Waals surface area contributed by atoms with E-state index < -0.39 is 34.7 Å². The van der Waals surface area contributed by atoms with Gasteiger partial charge in [0.2, 0.25) is 11.6 Å². The van der Waals surface area contributed by atoms with Gasteiger partial charge in [-0.1, -0.05) is 12.1 Å². The summed E-state index contributed by atoms with van der Waals surface area (Å²) in [5, 5.41) is 10.9. The number of hydrogen-bond acceptors (Lipinski definition) is 14. The van der Waals surface area contributed by atoms with Crippen LogP contribution in [0.1, 0.15) is 62.8 Å². The number of anilines is 2. The third kappa shape index (κ3) is 7.81. The molecule has 6 aromatic rings. The van der Waals surface area contributed by atoms with Crippen LogP contribution in [0.15, 0.2) is 46.0 Å². The quantitative estimate of drug-likeness (QED) is 0.108. The minimum absolute atomic E-state index is 0.0374. The second-order valence-electron chi connectivity index (χ2n) is 12.7. The number of fused-ring (bicyclic) bond motifs is 4. The number of aromatic nitrogens is 4. The zero-order valence-corrected chi connectivity index (χ0v) is 31.9. The second-order valence-corrected chi connectivity index (χ2v) is 15.1. The highest BCUT2D eigenvalue weighted by atomic mass is 32.1. The number of carbonyl (C=O) groups excluding carboxylic acids is 6. The van der Waals surface area contributed by atoms with E-state index in [1.54, 1.807) is 50.2 Å². The average molecular weight is 827 g/mol. The number of aromatic amines is 2. The summed E-state index contributed by atoms with van der Waals surface area (Å²) in [6.45, 7) is 3.52. The maximum Gasteiger partial charge on any atom is 0.287 e. The number of rotatable bonds is 8. The Morgan fingerprint density at radius 3 is 1.45 bits per heavy atom. The minimum atomic E-state index is -0.721. The number of aryl methyl sites for hydroxylation is 2. The SMILES string of the molecule is Cc1sc2nc(C(=O)NCc3ccc4c(c3)NC(=O)CO4)[nH]c(=O)c2c1C(N)=O.Cc1sc2nc(C(=O)NCc3ccc4c(c3)NC(=O)CO4)[nH]c(=O)c2c1C(N)=O. The Morgan fingerprint density at radius 2 is 1.07 bits per heavy atom. The summed E-state index contributed by atoms with van der Waals surface area (Å²) in [6, 6.07) is 10.3. The van der Waals surface area contributed by atoms with Crippen molar-refractivity contribution in [2.24, 2.45) is 11.5 Å². The fourth-order valence-corrected chi connectivity index (χ4v) is 8.12. The molecule has 0 spiro atoms. The molecule has 22 heteroatoms. The van der Waals surface area contributed by atoms with Crippen LogP contribution in [-0.4, -0.2) is 68.6 Å². The summed E-state index contributed by atoms with van der Waals surface area (Å²) in [5.74, 6) is -2.37. The first kappa shape index (κ1) is 38.8. The minimum Gasteiger partial charge on any atom is -0.482 e. The van der Waals surface area contributed by atoms with Crippen LogP contribution in [0.3, 0.4) is 0 Å². The molecule has 20 nitrogen and oxygen atoms in total. The molecule has 0 bridgehead atoms. The summed E-state index contributed by atoms with van der Waals surface area (Å²) < 4.78 is 10.6. The molecule has 8 rings (SSSR count). The molecule has 2 aliphatic heterocycles. The van der Waals surface area contributed by atoms with Gasteiger partial charge in [0.1, 0.15) is 21.2 Å². The van der Waals surface area contributed by atoms with Gasteiger partial charge in [0.05, 0.1) is 33.3 Å². The fraction of sp³-hybridized carbons (Fsp3) is 0.167. The summed E-state index contributed by atoms with van der Waals surface area (Å²) in [4.78, 5) is 110. The molecule has 6 heterocycles. The number of nitrogens with one attached hydrogen (secondary N) is 6. The molecule has 0 atom stereocenters. The monoisotopic (exact) mass is 826 g/mol. The van der Waals surface area contributed by atoms with Crippen molar-refractivity contribution in [3.05, 3.63) is 101 Å². The smallest absolute Gasteiger partial charge is 0.287 e. The van der Waals surface area contributed by atoms with E-state index in [2.05, 4.69) is 41.2 Å². The van der Waals surface area contributed by atoms with Crippen molar-refractivity contribution in [2.75, 3.05) is 23.8 Å². The molecular weight excluding hydrogens is 797 g/mol. The first-order chi connectivity index (χ1) is 27.7. The summed E-state index contributed by atoms with van der Waals surface area (Å²) in [7, 11) is 0. The lowest BCUT2D eigenvalue weighted by Gasteiger charge is -2.18. The number of H-pyrrole nitrogens is 2. The number of ether oxygens (including phenoxy) is 2. The van der Waals surface area contributed by atoms with Crippen molar-refractivity contribution in [1.82, 2.24) is 30.6 Å². The van der Waals surface area contributed by atoms with Crippen molar-refractivity contribution >= 4 is 89.9 Å². The lowest BCUT2D eigenvalue weighted by Crippen LogP contribution is -2.28. The molecule has 0 aliphatic carbocycles. The van der Waals surface area contributed by atoms with Crippen LogP contribution in [0, 0.1) is 13.8 Å². The number of nitrogens with two attached hydrogens (primary N) is 2. The Labute approximate surface area is 332 Å². The van der Waals surface area contributed by atoms with Gasteiger partial charge in [-0.3, -0.25) is 38.4 Å². The topological polar surface area (TPSA) is 313 Å². The van der Waals surface area contributed by atoms with Gasteiger partial charge < -0.3 is 52.2 Å². The number of hydrogen-bond donors (Lipinski definition) is 8. The average Bonchev–Trinajstić information content (AvgIpc) is 3.71. The normalized spacial score (nSPS) is 12.8. The number of nitrogens with zero attached hydrogens (tertiary/aromatic N) is 2. The van der Waals surface area contributed by atoms with Crippen LogP contribution in [0.5, 0.6) is 11.5 Å². The van der Waals surface area contributed by atoms with Gasteiger partial charge in [-0.2, -0.15) is 0 Å². The second kappa shape index (κ2) is 15.6. The number of carbonyl (C=O) groups is 6. The Bertz CT molecular complexity index is 2680. The van der Waals surface area contributed by atoms with Crippen LogP contribution in [0.4, 0.5) is 11.4 Å². The molecule has 58 heavy (non-hydrogen) atoms. The van der Waals surface area contributed by atoms with Crippen LogP contribution >= 0.6 is 22.7 Å². The number of amides is 6. The molecular formula is C36H30N10O10S2. The van der Waals surface area contributed by atoms with E-state index in [1.807, 2.05) is 0 Å². The predicted molar refractivity (Wildman–Crippen MR) is 210 cm³/mol. The molecule has 0 fully saturated rings. The molecule has 296 valence electrons. The summed E-state index contributed by atoms with van der Waals surface area (Å²) >= 11 is 2.23. The molecule has 6 amide bonds. The molecule has 2 aliphatic rings. The van der Waals surface area contributed by atoms with E-state index in [1.165, 1.54) is 0 Å². The maximum absolute atomic E-state index is 12.5. The van der Waals surface area contributed by atoms with Crippen LogP contribution in [-0.2, 0) is 22.7 Å². The Kier molecular flexibility index (Phi) is 10.4. The van der Waals surface area contributed by atoms with E-state index in [9.17, 15) is 38.4 Å². The molecule has 10 N–H and O–H groups in total. The molecule has 0 saturated heterocycles. The fourth-order valence-electron chi connectivity index (χ4n) is 6.06. The Hall–Kier alpha value is -7.46. The largest absolute Gasteiger partial charge is 0.482 e. The first-order valence-electron chi connectivity index (χ1n) is 17.0. The van der Waals surface area contributed by atoms with E-state index in [-0.39, 0.29) is 81.3 Å². The van der Waals surface area contributed by atoms with Crippen molar-refractivity contribution in [2.45, 2.75) is 26.9 Å². The molecule has 0 radical (unpaired) electrons. The highest BCUT2D eigenvalue weighted by molar-refractivity contribution is 7.19. The van der Waals surface area contributed by atoms with E-state index in [0.29, 0.717) is 43.8 Å². The van der Waals surface area contributed by atoms with Crippen LogP contribution < -0.4 is 53.3 Å². The van der Waals surface area contributed by atoms with Gasteiger partial charge in [-0.05, 0) is 49.2 Å². The van der Waals surface area contributed by atoms with Crippen molar-refractivity contribution in [1.29, 1.82) is 0 Å². The third-order valence-electron chi connectivity index (χ3n) is 8.66. The lowest BCUT2D eigenvalue weighted by molar-refractivity contribution is -0.119.